The second kappa shape index (κ2) is 14.3. The van der Waals surface area contributed by atoms with Crippen LogP contribution in [0, 0.1) is 11.3 Å². The SMILES string of the molecule is COc1ccc(C2=C(C#N)C(=O)N(C3CCS(=O)(=O)C3)C(=O)/C2=C\c2cn(-c3ccccc3)nc2-c2ccc(OCc3ccccc3Cl)cc2)cc1. The van der Waals surface area contributed by atoms with Crippen molar-refractivity contribution in [1.82, 2.24) is 14.7 Å². The number of hydrogen-bond acceptors (Lipinski definition) is 8. The summed E-state index contributed by atoms with van der Waals surface area (Å²) in [5.41, 5.74) is 3.73. The zero-order chi connectivity index (χ0) is 36.4. The van der Waals surface area contributed by atoms with Crippen LogP contribution >= 0.6 is 11.6 Å². The van der Waals surface area contributed by atoms with Crippen molar-refractivity contribution in [2.45, 2.75) is 19.1 Å². The number of ether oxygens (including phenoxy) is 2. The first kappa shape index (κ1) is 34.5. The van der Waals surface area contributed by atoms with E-state index in [0.29, 0.717) is 38.9 Å². The van der Waals surface area contributed by atoms with Gasteiger partial charge in [0.25, 0.3) is 11.8 Å². The van der Waals surface area contributed by atoms with Gasteiger partial charge in [0.05, 0.1) is 41.6 Å². The van der Waals surface area contributed by atoms with E-state index in [1.807, 2.05) is 78.9 Å². The van der Waals surface area contributed by atoms with E-state index in [9.17, 15) is 23.3 Å². The lowest BCUT2D eigenvalue weighted by molar-refractivity contribution is -0.142. The minimum Gasteiger partial charge on any atom is -0.497 e. The number of nitriles is 1. The van der Waals surface area contributed by atoms with Crippen molar-refractivity contribution in [2.75, 3.05) is 18.6 Å². The molecule has 1 aromatic heterocycles. The van der Waals surface area contributed by atoms with E-state index >= 15 is 0 Å². The van der Waals surface area contributed by atoms with Crippen LogP contribution in [0.3, 0.4) is 0 Å². The highest BCUT2D eigenvalue weighted by atomic mass is 35.5. The van der Waals surface area contributed by atoms with Gasteiger partial charge in [-0.3, -0.25) is 14.5 Å². The predicted molar refractivity (Wildman–Crippen MR) is 197 cm³/mol. The number of para-hydroxylation sites is 1. The maximum absolute atomic E-state index is 14.5. The van der Waals surface area contributed by atoms with Gasteiger partial charge >= 0.3 is 0 Å². The topological polar surface area (TPSA) is 132 Å². The highest BCUT2D eigenvalue weighted by molar-refractivity contribution is 7.91. The van der Waals surface area contributed by atoms with Crippen LogP contribution in [0.2, 0.25) is 5.02 Å². The molecule has 3 heterocycles. The lowest BCUT2D eigenvalue weighted by atomic mass is 9.86. The first-order valence-corrected chi connectivity index (χ1v) is 18.6. The molecular weight excluding hydrogens is 700 g/mol. The van der Waals surface area contributed by atoms with Gasteiger partial charge in [-0.1, -0.05) is 60.1 Å². The van der Waals surface area contributed by atoms with Gasteiger partial charge in [0.1, 0.15) is 29.7 Å². The number of halogens is 1. The Kier molecular flexibility index (Phi) is 9.51. The molecule has 1 saturated heterocycles. The molecular formula is C40H31ClN4O6S. The van der Waals surface area contributed by atoms with E-state index in [2.05, 4.69) is 0 Å². The molecule has 2 aliphatic rings. The van der Waals surface area contributed by atoms with Gasteiger partial charge in [0.15, 0.2) is 9.84 Å². The van der Waals surface area contributed by atoms with Crippen molar-refractivity contribution in [1.29, 1.82) is 5.26 Å². The second-order valence-electron chi connectivity index (χ2n) is 12.3. The lowest BCUT2D eigenvalue weighted by Crippen LogP contribution is -2.49. The normalized spacial score (nSPS) is 17.8. The highest BCUT2D eigenvalue weighted by Crippen LogP contribution is 2.39. The number of methoxy groups -OCH3 is 1. The first-order chi connectivity index (χ1) is 25.2. The molecule has 260 valence electrons. The summed E-state index contributed by atoms with van der Waals surface area (Å²) in [5.74, 6) is -0.889. The number of imide groups is 1. The molecule has 1 fully saturated rings. The summed E-state index contributed by atoms with van der Waals surface area (Å²) in [4.78, 5) is 29.3. The molecule has 0 bridgehead atoms. The number of nitrogens with zero attached hydrogens (tertiary/aromatic N) is 4. The van der Waals surface area contributed by atoms with Gasteiger partial charge in [-0.05, 0) is 72.7 Å². The van der Waals surface area contributed by atoms with Crippen molar-refractivity contribution in [3.63, 3.8) is 0 Å². The number of benzene rings is 4. The lowest BCUT2D eigenvalue weighted by Gasteiger charge is -2.32. The molecule has 1 unspecified atom stereocenters. The molecule has 0 N–H and O–H groups in total. The van der Waals surface area contributed by atoms with Crippen LogP contribution < -0.4 is 9.47 Å². The fraction of sp³-hybridized carbons (Fsp3) is 0.150. The third kappa shape index (κ3) is 6.86. The molecule has 2 aliphatic heterocycles. The van der Waals surface area contributed by atoms with Crippen LogP contribution in [-0.4, -0.2) is 59.6 Å². The Morgan fingerprint density at radius 2 is 1.58 bits per heavy atom. The Morgan fingerprint density at radius 1 is 0.904 bits per heavy atom. The van der Waals surface area contributed by atoms with Crippen LogP contribution in [0.1, 0.15) is 23.1 Å². The van der Waals surface area contributed by atoms with Crippen molar-refractivity contribution in [3.8, 4) is 34.5 Å². The fourth-order valence-corrected chi connectivity index (χ4v) is 8.26. The van der Waals surface area contributed by atoms with E-state index in [1.165, 1.54) is 7.11 Å². The summed E-state index contributed by atoms with van der Waals surface area (Å²) >= 11 is 6.31. The minimum absolute atomic E-state index is 0.0548. The summed E-state index contributed by atoms with van der Waals surface area (Å²) in [6.07, 6.45) is 3.47. The Bertz CT molecular complexity index is 2400. The van der Waals surface area contributed by atoms with Gasteiger partial charge < -0.3 is 9.47 Å². The number of carbonyl (C=O) groups is 2. The van der Waals surface area contributed by atoms with E-state index < -0.39 is 27.7 Å². The fourth-order valence-electron chi connectivity index (χ4n) is 6.37. The van der Waals surface area contributed by atoms with Crippen LogP contribution in [0.5, 0.6) is 11.5 Å². The van der Waals surface area contributed by atoms with Gasteiger partial charge in [0.2, 0.25) is 0 Å². The summed E-state index contributed by atoms with van der Waals surface area (Å²) in [5, 5.41) is 15.9. The summed E-state index contributed by atoms with van der Waals surface area (Å²) in [6.45, 7) is 0.278. The molecule has 0 aliphatic carbocycles. The zero-order valence-electron chi connectivity index (χ0n) is 27.9. The maximum atomic E-state index is 14.5. The van der Waals surface area contributed by atoms with E-state index in [4.69, 9.17) is 26.2 Å². The predicted octanol–water partition coefficient (Wildman–Crippen LogP) is 6.70. The van der Waals surface area contributed by atoms with Crippen LogP contribution in [0.25, 0.3) is 28.6 Å². The molecule has 1 atom stereocenters. The Balaban J connectivity index is 1.36. The molecule has 5 aromatic rings. The molecule has 12 heteroatoms. The Labute approximate surface area is 305 Å². The number of rotatable bonds is 9. The van der Waals surface area contributed by atoms with Crippen LogP contribution in [0.15, 0.2) is 120 Å². The number of aromatic nitrogens is 2. The smallest absolute Gasteiger partial charge is 0.272 e. The van der Waals surface area contributed by atoms with Crippen LogP contribution in [-0.2, 0) is 26.0 Å². The summed E-state index contributed by atoms with van der Waals surface area (Å²) in [7, 11) is -1.95. The molecule has 0 saturated carbocycles. The van der Waals surface area contributed by atoms with Gasteiger partial charge in [-0.25, -0.2) is 13.1 Å². The van der Waals surface area contributed by atoms with E-state index in [-0.39, 0.29) is 41.3 Å². The molecule has 2 amide bonds. The molecule has 0 radical (unpaired) electrons. The molecule has 0 spiro atoms. The zero-order valence-corrected chi connectivity index (χ0v) is 29.5. The first-order valence-electron chi connectivity index (χ1n) is 16.4. The average Bonchev–Trinajstić information content (AvgIpc) is 3.75. The monoisotopic (exact) mass is 730 g/mol. The Hall–Kier alpha value is -5.96. The molecule has 4 aromatic carbocycles. The third-order valence-electron chi connectivity index (χ3n) is 9.01. The van der Waals surface area contributed by atoms with Crippen molar-refractivity contribution >= 4 is 44.9 Å². The van der Waals surface area contributed by atoms with Crippen LogP contribution in [0.4, 0.5) is 0 Å². The summed E-state index contributed by atoms with van der Waals surface area (Å²) < 4.78 is 38.0. The third-order valence-corrected chi connectivity index (χ3v) is 11.1. The molecule has 52 heavy (non-hydrogen) atoms. The average molecular weight is 731 g/mol. The van der Waals surface area contributed by atoms with E-state index in [0.717, 1.165) is 16.2 Å². The quantitative estimate of drug-likeness (QED) is 0.121. The maximum Gasteiger partial charge on any atom is 0.272 e. The second-order valence-corrected chi connectivity index (χ2v) is 14.9. The van der Waals surface area contributed by atoms with Crippen molar-refractivity contribution in [3.05, 3.63) is 142 Å². The Morgan fingerprint density at radius 3 is 2.23 bits per heavy atom. The van der Waals surface area contributed by atoms with Gasteiger partial charge in [0, 0.05) is 33.5 Å². The largest absolute Gasteiger partial charge is 0.497 e. The molecule has 10 nitrogen and oxygen atoms in total. The van der Waals surface area contributed by atoms with Crippen molar-refractivity contribution in [2.24, 2.45) is 0 Å². The molecule has 7 rings (SSSR count). The summed E-state index contributed by atoms with van der Waals surface area (Å²) in [6, 6.07) is 32.0. The standard InChI is InChI=1S/C40H31ClN4O6S/c1-50-32-15-11-26(12-16-32)37-34(39(46)45(40(47)35(37)22-42)31-19-20-52(48,49)25-31)21-29-23-44(30-8-3-2-4-9-30)43-38(29)27-13-17-33(18-14-27)51-24-28-7-5-6-10-36(28)41/h2-18,21,23,31H,19-20,24-25H2,1H3/b34-21-. The number of carbonyl (C=O) groups excluding carboxylic acids is 2. The number of sulfone groups is 1. The van der Waals surface area contributed by atoms with E-state index in [1.54, 1.807) is 47.3 Å². The van der Waals surface area contributed by atoms with Gasteiger partial charge in [-0.15, -0.1) is 0 Å². The van der Waals surface area contributed by atoms with Gasteiger partial charge in [-0.2, -0.15) is 10.4 Å². The number of hydrogen-bond donors (Lipinski definition) is 0. The highest BCUT2D eigenvalue weighted by Gasteiger charge is 2.45. The van der Waals surface area contributed by atoms with Crippen molar-refractivity contribution < 1.29 is 27.5 Å². The minimum atomic E-state index is -3.47. The number of amides is 2.